The lowest BCUT2D eigenvalue weighted by Gasteiger charge is -2.23. The lowest BCUT2D eigenvalue weighted by molar-refractivity contribution is -0.169. The van der Waals surface area contributed by atoms with Crippen molar-refractivity contribution in [3.05, 3.63) is 21.9 Å². The SMILES string of the molecule is Cc1csc(C(=O)N2C[C@@H](C(F)(F)F)[C@H](S(=O)(=O)N(C)C)C2)c1. The average Bonchev–Trinajstić information content (AvgIpc) is 3.03. The molecule has 10 heteroatoms. The number of halogens is 3. The lowest BCUT2D eigenvalue weighted by Crippen LogP contribution is -2.43. The first kappa shape index (κ1) is 18.2. The molecule has 1 saturated heterocycles. The Morgan fingerprint density at radius 3 is 2.39 bits per heavy atom. The molecular weight excluding hydrogens is 353 g/mol. The van der Waals surface area contributed by atoms with Crippen molar-refractivity contribution < 1.29 is 26.4 Å². The third-order valence-electron chi connectivity index (χ3n) is 3.81. The van der Waals surface area contributed by atoms with Gasteiger partial charge in [0.2, 0.25) is 10.0 Å². The van der Waals surface area contributed by atoms with Crippen molar-refractivity contribution in [2.75, 3.05) is 27.2 Å². The molecule has 0 radical (unpaired) electrons. The number of carbonyl (C=O) groups is 1. The number of likely N-dealkylation sites (tertiary alicyclic amines) is 1. The van der Waals surface area contributed by atoms with E-state index in [4.69, 9.17) is 0 Å². The predicted molar refractivity (Wildman–Crippen MR) is 80.9 cm³/mol. The molecular formula is C13H17F3N2O3S2. The number of amides is 1. The van der Waals surface area contributed by atoms with Crippen LogP contribution in [-0.2, 0) is 10.0 Å². The summed E-state index contributed by atoms with van der Waals surface area (Å²) < 4.78 is 64.8. The van der Waals surface area contributed by atoms with Gasteiger partial charge in [0.1, 0.15) is 5.25 Å². The molecule has 0 aromatic carbocycles. The number of hydrogen-bond donors (Lipinski definition) is 0. The molecule has 0 unspecified atom stereocenters. The number of carbonyl (C=O) groups excluding carboxylic acids is 1. The number of thiophene rings is 1. The molecule has 1 aromatic heterocycles. The summed E-state index contributed by atoms with van der Waals surface area (Å²) in [7, 11) is -1.75. The quantitative estimate of drug-likeness (QED) is 0.817. The first-order chi connectivity index (χ1) is 10.4. The standard InChI is InChI=1S/C13H17F3N2O3S2/c1-8-4-10(22-7-8)12(19)18-5-9(13(14,15)16)11(6-18)23(20,21)17(2)3/h4,7,9,11H,5-6H2,1-3H3/t9-,11-/m1/s1. The van der Waals surface area contributed by atoms with Crippen LogP contribution in [0, 0.1) is 12.8 Å². The van der Waals surface area contributed by atoms with Crippen LogP contribution in [-0.4, -0.2) is 62.1 Å². The minimum Gasteiger partial charge on any atom is -0.336 e. The van der Waals surface area contributed by atoms with Gasteiger partial charge in [-0.2, -0.15) is 13.2 Å². The highest BCUT2D eigenvalue weighted by molar-refractivity contribution is 7.89. The van der Waals surface area contributed by atoms with Gasteiger partial charge in [-0.15, -0.1) is 11.3 Å². The minimum atomic E-state index is -4.69. The normalized spacial score (nSPS) is 22.8. The molecule has 1 fully saturated rings. The first-order valence-corrected chi connectivity index (χ1v) is 9.15. The number of nitrogens with zero attached hydrogens (tertiary/aromatic N) is 2. The summed E-state index contributed by atoms with van der Waals surface area (Å²) >= 11 is 1.14. The summed E-state index contributed by atoms with van der Waals surface area (Å²) in [6.07, 6.45) is -4.69. The highest BCUT2D eigenvalue weighted by Gasteiger charge is 2.56. The second-order valence-corrected chi connectivity index (χ2v) is 8.99. The van der Waals surface area contributed by atoms with E-state index >= 15 is 0 Å². The maximum absolute atomic E-state index is 13.2. The summed E-state index contributed by atoms with van der Waals surface area (Å²) in [6.45, 7) is 0.673. The van der Waals surface area contributed by atoms with Crippen molar-refractivity contribution in [1.29, 1.82) is 0 Å². The van der Waals surface area contributed by atoms with Crippen LogP contribution in [0.5, 0.6) is 0 Å². The van der Waals surface area contributed by atoms with E-state index in [0.717, 1.165) is 26.1 Å². The zero-order valence-corrected chi connectivity index (χ0v) is 14.4. The summed E-state index contributed by atoms with van der Waals surface area (Å²) in [6, 6.07) is 1.59. The fraction of sp³-hybridized carbons (Fsp3) is 0.615. The monoisotopic (exact) mass is 370 g/mol. The van der Waals surface area contributed by atoms with E-state index < -0.39 is 46.4 Å². The van der Waals surface area contributed by atoms with Gasteiger partial charge < -0.3 is 4.90 Å². The largest absolute Gasteiger partial charge is 0.394 e. The van der Waals surface area contributed by atoms with Gasteiger partial charge in [0, 0.05) is 27.2 Å². The van der Waals surface area contributed by atoms with Crippen molar-refractivity contribution in [2.24, 2.45) is 5.92 Å². The van der Waals surface area contributed by atoms with Gasteiger partial charge in [0.15, 0.2) is 0 Å². The lowest BCUT2D eigenvalue weighted by atomic mass is 10.1. The molecule has 0 spiro atoms. The maximum Gasteiger partial charge on any atom is 0.394 e. The van der Waals surface area contributed by atoms with Crippen LogP contribution in [0.3, 0.4) is 0 Å². The zero-order chi connectivity index (χ0) is 17.6. The van der Waals surface area contributed by atoms with Gasteiger partial charge >= 0.3 is 6.18 Å². The van der Waals surface area contributed by atoms with Crippen molar-refractivity contribution in [3.8, 4) is 0 Å². The highest BCUT2D eigenvalue weighted by atomic mass is 32.2. The molecule has 0 aliphatic carbocycles. The molecule has 2 heterocycles. The number of rotatable bonds is 3. The molecule has 2 atom stereocenters. The van der Waals surface area contributed by atoms with Crippen LogP contribution in [0.2, 0.25) is 0 Å². The van der Waals surface area contributed by atoms with Crippen molar-refractivity contribution in [2.45, 2.75) is 18.3 Å². The van der Waals surface area contributed by atoms with Gasteiger partial charge in [0.05, 0.1) is 10.8 Å². The van der Waals surface area contributed by atoms with Crippen LogP contribution in [0.1, 0.15) is 15.2 Å². The Balaban J connectivity index is 2.32. The molecule has 23 heavy (non-hydrogen) atoms. The van der Waals surface area contributed by atoms with Gasteiger partial charge in [0.25, 0.3) is 5.91 Å². The maximum atomic E-state index is 13.2. The molecule has 2 rings (SSSR count). The second kappa shape index (κ2) is 6.06. The molecule has 0 bridgehead atoms. The van der Waals surface area contributed by atoms with Crippen molar-refractivity contribution >= 4 is 27.3 Å². The fourth-order valence-electron chi connectivity index (χ4n) is 2.53. The Morgan fingerprint density at radius 1 is 1.35 bits per heavy atom. The topological polar surface area (TPSA) is 57.7 Å². The Kier molecular flexibility index (Phi) is 4.80. The van der Waals surface area contributed by atoms with E-state index in [2.05, 4.69) is 0 Å². The first-order valence-electron chi connectivity index (χ1n) is 6.77. The average molecular weight is 370 g/mol. The Labute approximate surface area is 136 Å². The van der Waals surface area contributed by atoms with Gasteiger partial charge in [-0.3, -0.25) is 4.79 Å². The molecule has 130 valence electrons. The summed E-state index contributed by atoms with van der Waals surface area (Å²) in [5.41, 5.74) is 0.836. The molecule has 0 N–H and O–H groups in total. The number of hydrogen-bond acceptors (Lipinski definition) is 4. The second-order valence-electron chi connectivity index (χ2n) is 5.71. The fourth-order valence-corrected chi connectivity index (χ4v) is 4.96. The number of alkyl halides is 3. The van der Waals surface area contributed by atoms with Crippen LogP contribution in [0.15, 0.2) is 11.4 Å². The molecule has 5 nitrogen and oxygen atoms in total. The Morgan fingerprint density at radius 2 is 1.96 bits per heavy atom. The summed E-state index contributed by atoms with van der Waals surface area (Å²) in [5, 5.41) is 0.0426. The summed E-state index contributed by atoms with van der Waals surface area (Å²) in [5.74, 6) is -2.64. The van der Waals surface area contributed by atoms with E-state index in [1.54, 1.807) is 18.4 Å². The van der Waals surface area contributed by atoms with E-state index in [1.165, 1.54) is 14.1 Å². The number of aryl methyl sites for hydroxylation is 1. The van der Waals surface area contributed by atoms with E-state index in [1.807, 2.05) is 0 Å². The van der Waals surface area contributed by atoms with Crippen LogP contribution in [0.25, 0.3) is 0 Å². The molecule has 0 saturated carbocycles. The van der Waals surface area contributed by atoms with Gasteiger partial charge in [-0.1, -0.05) is 0 Å². The van der Waals surface area contributed by atoms with Crippen LogP contribution < -0.4 is 0 Å². The van der Waals surface area contributed by atoms with Gasteiger partial charge in [-0.05, 0) is 23.9 Å². The Bertz CT molecular complexity index is 698. The Hall–Kier alpha value is -1.13. The van der Waals surface area contributed by atoms with Crippen molar-refractivity contribution in [3.63, 3.8) is 0 Å². The van der Waals surface area contributed by atoms with E-state index in [0.29, 0.717) is 4.88 Å². The third-order valence-corrected chi connectivity index (χ3v) is 7.10. The van der Waals surface area contributed by atoms with E-state index in [-0.39, 0.29) is 0 Å². The van der Waals surface area contributed by atoms with Crippen molar-refractivity contribution in [1.82, 2.24) is 9.21 Å². The molecule has 1 aromatic rings. The number of sulfonamides is 1. The molecule has 1 aliphatic rings. The third kappa shape index (κ3) is 3.53. The molecule has 1 amide bonds. The molecule has 1 aliphatic heterocycles. The minimum absolute atomic E-state index is 0.311. The predicted octanol–water partition coefficient (Wildman–Crippen LogP) is 1.95. The smallest absolute Gasteiger partial charge is 0.336 e. The highest BCUT2D eigenvalue weighted by Crippen LogP contribution is 2.38. The zero-order valence-electron chi connectivity index (χ0n) is 12.8. The van der Waals surface area contributed by atoms with Crippen LogP contribution in [0.4, 0.5) is 13.2 Å². The summed E-state index contributed by atoms with van der Waals surface area (Å²) in [4.78, 5) is 13.6. The van der Waals surface area contributed by atoms with E-state index in [9.17, 15) is 26.4 Å². The van der Waals surface area contributed by atoms with Crippen LogP contribution >= 0.6 is 11.3 Å². The van der Waals surface area contributed by atoms with Gasteiger partial charge in [-0.25, -0.2) is 12.7 Å².